The first-order valence-electron chi connectivity index (χ1n) is 9.40. The molecule has 10 heteroatoms. The highest BCUT2D eigenvalue weighted by atomic mass is 32.1. The number of thiophene rings is 1. The lowest BCUT2D eigenvalue weighted by atomic mass is 10.1. The lowest BCUT2D eigenvalue weighted by molar-refractivity contribution is -0.116. The molecule has 156 valence electrons. The number of ether oxygens (including phenoxy) is 1. The number of nitrogens with two attached hydrogens (primary N) is 1. The van der Waals surface area contributed by atoms with Gasteiger partial charge in [0, 0.05) is 35.6 Å². The lowest BCUT2D eigenvalue weighted by Gasteiger charge is -2.27. The Morgan fingerprint density at radius 1 is 1.28 bits per heavy atom. The van der Waals surface area contributed by atoms with Crippen molar-refractivity contribution in [1.29, 1.82) is 0 Å². The monoisotopic (exact) mass is 419 g/mol. The Labute approximate surface area is 172 Å². The van der Waals surface area contributed by atoms with Crippen LogP contribution in [0.2, 0.25) is 0 Å². The fourth-order valence-corrected chi connectivity index (χ4v) is 4.34. The van der Waals surface area contributed by atoms with E-state index in [9.17, 15) is 14.4 Å². The third-order valence-electron chi connectivity index (χ3n) is 5.01. The van der Waals surface area contributed by atoms with Gasteiger partial charge < -0.3 is 20.7 Å². The molecule has 4 N–H and O–H groups in total. The number of primary amides is 1. The summed E-state index contributed by atoms with van der Waals surface area (Å²) in [7, 11) is 0. The summed E-state index contributed by atoms with van der Waals surface area (Å²) in [5.41, 5.74) is 7.38. The van der Waals surface area contributed by atoms with Gasteiger partial charge >= 0.3 is 0 Å². The molecule has 0 atom stereocenters. The topological polar surface area (TPSA) is 130 Å². The molecular weight excluding hydrogens is 394 g/mol. The number of hydrogen-bond donors (Lipinski definition) is 3. The minimum absolute atomic E-state index is 0.0939. The average molecular weight is 420 g/mol. The number of anilines is 2. The number of hydrogen-bond acceptors (Lipinski definition) is 7. The Hall–Kier alpha value is -2.72. The molecule has 2 aromatic rings. The van der Waals surface area contributed by atoms with Crippen molar-refractivity contribution < 1.29 is 14.3 Å². The van der Waals surface area contributed by atoms with Crippen LogP contribution in [0.15, 0.2) is 4.79 Å². The van der Waals surface area contributed by atoms with Gasteiger partial charge in [-0.3, -0.25) is 19.4 Å². The second-order valence-electron chi connectivity index (χ2n) is 6.95. The van der Waals surface area contributed by atoms with E-state index in [1.807, 2.05) is 11.8 Å². The van der Waals surface area contributed by atoms with Crippen LogP contribution < -0.4 is 21.5 Å². The summed E-state index contributed by atoms with van der Waals surface area (Å²) in [6.07, 6.45) is 0.343. The zero-order valence-corrected chi connectivity index (χ0v) is 17.6. The summed E-state index contributed by atoms with van der Waals surface area (Å²) < 4.78 is 5.32. The van der Waals surface area contributed by atoms with Gasteiger partial charge in [-0.05, 0) is 32.8 Å². The van der Waals surface area contributed by atoms with Gasteiger partial charge in [0.15, 0.2) is 0 Å². The highest BCUT2D eigenvalue weighted by Crippen LogP contribution is 2.32. The third kappa shape index (κ3) is 4.65. The summed E-state index contributed by atoms with van der Waals surface area (Å²) in [5.74, 6) is -0.332. The zero-order valence-electron chi connectivity index (χ0n) is 16.8. The van der Waals surface area contributed by atoms with Gasteiger partial charge in [0.1, 0.15) is 5.00 Å². The number of nitrogens with zero attached hydrogens (tertiary/aromatic N) is 2. The number of H-pyrrole nitrogens is 1. The van der Waals surface area contributed by atoms with Crippen LogP contribution in [0.1, 0.15) is 38.5 Å². The largest absolute Gasteiger partial charge is 0.378 e. The molecule has 1 fully saturated rings. The van der Waals surface area contributed by atoms with Crippen LogP contribution in [0.25, 0.3) is 0 Å². The van der Waals surface area contributed by atoms with E-state index in [0.717, 1.165) is 10.4 Å². The molecule has 1 aliphatic rings. The van der Waals surface area contributed by atoms with Crippen LogP contribution in [-0.2, 0) is 16.0 Å². The second kappa shape index (κ2) is 8.75. The second-order valence-corrected chi connectivity index (χ2v) is 8.18. The Kier molecular flexibility index (Phi) is 6.33. The predicted molar refractivity (Wildman–Crippen MR) is 112 cm³/mol. The molecule has 0 bridgehead atoms. The van der Waals surface area contributed by atoms with E-state index in [-0.39, 0.29) is 24.3 Å². The highest BCUT2D eigenvalue weighted by molar-refractivity contribution is 7.16. The molecule has 3 heterocycles. The van der Waals surface area contributed by atoms with Crippen molar-refractivity contribution in [2.75, 3.05) is 36.5 Å². The number of aromatic nitrogens is 2. The molecule has 1 saturated heterocycles. The summed E-state index contributed by atoms with van der Waals surface area (Å²) >= 11 is 1.31. The minimum Gasteiger partial charge on any atom is -0.378 e. The molecule has 9 nitrogen and oxygen atoms in total. The van der Waals surface area contributed by atoms with E-state index in [2.05, 4.69) is 15.3 Å². The van der Waals surface area contributed by atoms with E-state index in [0.29, 0.717) is 54.1 Å². The van der Waals surface area contributed by atoms with E-state index in [4.69, 9.17) is 10.5 Å². The SMILES string of the molecule is Cc1nc(N2CCOCC2)[nH]c(=O)c1CCC(=O)Nc1sc(C)c(C)c1C(N)=O. The molecule has 0 aliphatic carbocycles. The number of rotatable bonds is 6. The number of morpholine rings is 1. The van der Waals surface area contributed by atoms with Crippen molar-refractivity contribution in [2.45, 2.75) is 33.6 Å². The maximum Gasteiger partial charge on any atom is 0.255 e. The number of aromatic amines is 1. The van der Waals surface area contributed by atoms with Gasteiger partial charge in [-0.2, -0.15) is 0 Å². The Morgan fingerprint density at radius 3 is 2.59 bits per heavy atom. The van der Waals surface area contributed by atoms with Crippen LogP contribution in [-0.4, -0.2) is 48.1 Å². The van der Waals surface area contributed by atoms with Gasteiger partial charge in [-0.1, -0.05) is 0 Å². The normalized spacial score (nSPS) is 14.1. The number of nitrogens with one attached hydrogen (secondary N) is 2. The Bertz CT molecular complexity index is 991. The van der Waals surface area contributed by atoms with Crippen LogP contribution in [0.4, 0.5) is 10.9 Å². The number of amides is 2. The fraction of sp³-hybridized carbons (Fsp3) is 0.474. The maximum absolute atomic E-state index is 12.5. The minimum atomic E-state index is -0.572. The van der Waals surface area contributed by atoms with Crippen molar-refractivity contribution in [3.8, 4) is 0 Å². The first-order valence-corrected chi connectivity index (χ1v) is 10.2. The fourth-order valence-electron chi connectivity index (χ4n) is 3.25. The quantitative estimate of drug-likeness (QED) is 0.646. The van der Waals surface area contributed by atoms with E-state index in [1.165, 1.54) is 11.3 Å². The standard InChI is InChI=1S/C19H25N5O4S/c1-10-12(3)29-18(15(10)16(20)26)22-14(25)5-4-13-11(2)21-19(23-17(13)27)24-6-8-28-9-7-24/h4-9H2,1-3H3,(H2,20,26)(H,22,25)(H,21,23,27). The maximum atomic E-state index is 12.5. The Morgan fingerprint density at radius 2 is 1.97 bits per heavy atom. The molecular formula is C19H25N5O4S. The van der Waals surface area contributed by atoms with Gasteiger partial charge in [0.25, 0.3) is 11.5 Å². The van der Waals surface area contributed by atoms with Crippen molar-refractivity contribution >= 4 is 34.1 Å². The summed E-state index contributed by atoms with van der Waals surface area (Å²) in [6, 6.07) is 0. The molecule has 1 aliphatic heterocycles. The first kappa shape index (κ1) is 21.0. The van der Waals surface area contributed by atoms with Crippen molar-refractivity contribution in [3.05, 3.63) is 37.6 Å². The van der Waals surface area contributed by atoms with Crippen molar-refractivity contribution in [2.24, 2.45) is 5.73 Å². The van der Waals surface area contributed by atoms with Crippen LogP contribution >= 0.6 is 11.3 Å². The van der Waals surface area contributed by atoms with Crippen LogP contribution in [0.5, 0.6) is 0 Å². The average Bonchev–Trinajstić information content (AvgIpc) is 2.95. The molecule has 2 aromatic heterocycles. The lowest BCUT2D eigenvalue weighted by Crippen LogP contribution is -2.38. The number of carbonyl (C=O) groups excluding carboxylic acids is 2. The first-order chi connectivity index (χ1) is 13.8. The summed E-state index contributed by atoms with van der Waals surface area (Å²) in [5, 5.41) is 3.20. The molecule has 0 aromatic carbocycles. The van der Waals surface area contributed by atoms with Crippen molar-refractivity contribution in [3.63, 3.8) is 0 Å². The number of aryl methyl sites for hydroxylation is 2. The molecule has 0 spiro atoms. The van der Waals surface area contributed by atoms with Crippen molar-refractivity contribution in [1.82, 2.24) is 9.97 Å². The van der Waals surface area contributed by atoms with Crippen LogP contribution in [0.3, 0.4) is 0 Å². The van der Waals surface area contributed by atoms with E-state index in [1.54, 1.807) is 13.8 Å². The van der Waals surface area contributed by atoms with Gasteiger partial charge in [-0.25, -0.2) is 4.98 Å². The molecule has 0 radical (unpaired) electrons. The summed E-state index contributed by atoms with van der Waals surface area (Å²) in [6.45, 7) is 7.97. The molecule has 2 amide bonds. The smallest absolute Gasteiger partial charge is 0.255 e. The molecule has 0 saturated carbocycles. The summed E-state index contributed by atoms with van der Waals surface area (Å²) in [4.78, 5) is 46.8. The predicted octanol–water partition coefficient (Wildman–Crippen LogP) is 1.26. The molecule has 3 rings (SSSR count). The molecule has 29 heavy (non-hydrogen) atoms. The third-order valence-corrected chi connectivity index (χ3v) is 6.13. The van der Waals surface area contributed by atoms with Gasteiger partial charge in [0.2, 0.25) is 11.9 Å². The highest BCUT2D eigenvalue weighted by Gasteiger charge is 2.20. The van der Waals surface area contributed by atoms with E-state index >= 15 is 0 Å². The van der Waals surface area contributed by atoms with E-state index < -0.39 is 5.91 Å². The molecule has 0 unspecified atom stereocenters. The van der Waals surface area contributed by atoms with Crippen LogP contribution in [0, 0.1) is 20.8 Å². The van der Waals surface area contributed by atoms with Gasteiger partial charge in [0.05, 0.1) is 18.8 Å². The Balaban J connectivity index is 1.68. The van der Waals surface area contributed by atoms with Gasteiger partial charge in [-0.15, -0.1) is 11.3 Å². The number of carbonyl (C=O) groups is 2. The zero-order chi connectivity index (χ0) is 21.1.